The Morgan fingerprint density at radius 1 is 1.00 bits per heavy atom. The second-order valence-corrected chi connectivity index (χ2v) is 10.5. The van der Waals surface area contributed by atoms with Crippen molar-refractivity contribution in [1.29, 1.82) is 0 Å². The number of carbonyl (C=O) groups excluding carboxylic acids is 1. The fraction of sp³-hybridized carbons (Fsp3) is 0.375. The third-order valence-electron chi connectivity index (χ3n) is 5.82. The summed E-state index contributed by atoms with van der Waals surface area (Å²) in [6, 6.07) is 12.8. The van der Waals surface area contributed by atoms with E-state index >= 15 is 0 Å². The van der Waals surface area contributed by atoms with E-state index in [1.165, 1.54) is 18.4 Å². The maximum absolute atomic E-state index is 12.8. The molecule has 0 aliphatic heterocycles. The molecule has 1 amide bonds. The fourth-order valence-electron chi connectivity index (χ4n) is 4.11. The number of rotatable bonds is 9. The van der Waals surface area contributed by atoms with Crippen LogP contribution in [0.2, 0.25) is 0 Å². The van der Waals surface area contributed by atoms with E-state index in [1.807, 2.05) is 40.3 Å². The molecule has 0 fully saturated rings. The molecule has 0 saturated carbocycles. The first-order chi connectivity index (χ1) is 16.3. The summed E-state index contributed by atoms with van der Waals surface area (Å²) in [6.07, 6.45) is 1.59. The molecule has 9 nitrogen and oxygen atoms in total. The number of para-hydroxylation sites is 2. The molecule has 0 aliphatic carbocycles. The molecule has 0 unspecified atom stereocenters. The first-order valence-electron chi connectivity index (χ1n) is 11.4. The molecule has 0 aliphatic rings. The number of aromatic nitrogens is 4. The highest BCUT2D eigenvalue weighted by atomic mass is 32.2. The average molecular weight is 483 g/mol. The zero-order valence-electron chi connectivity index (χ0n) is 19.9. The van der Waals surface area contributed by atoms with Crippen LogP contribution in [-0.4, -0.2) is 51.8 Å². The van der Waals surface area contributed by atoms with Crippen molar-refractivity contribution in [3.63, 3.8) is 0 Å². The summed E-state index contributed by atoms with van der Waals surface area (Å²) >= 11 is 0. The summed E-state index contributed by atoms with van der Waals surface area (Å²) in [6.45, 7) is 5.52. The lowest BCUT2D eigenvalue weighted by Crippen LogP contribution is -2.22. The molecule has 0 bridgehead atoms. The van der Waals surface area contributed by atoms with Crippen molar-refractivity contribution in [2.24, 2.45) is 0 Å². The highest BCUT2D eigenvalue weighted by molar-refractivity contribution is 7.89. The number of hydrogen-bond donors (Lipinski definition) is 1. The van der Waals surface area contributed by atoms with Gasteiger partial charge in [0.25, 0.3) is 0 Å². The van der Waals surface area contributed by atoms with Crippen LogP contribution in [0, 0.1) is 0 Å². The minimum atomic E-state index is -3.55. The summed E-state index contributed by atoms with van der Waals surface area (Å²) in [5.74, 6) is 1.16. The lowest BCUT2D eigenvalue weighted by molar-refractivity contribution is -0.116. The molecule has 4 rings (SSSR count). The highest BCUT2D eigenvalue weighted by Crippen LogP contribution is 2.23. The average Bonchev–Trinajstić information content (AvgIpc) is 3.34. The quantitative estimate of drug-likeness (QED) is 0.392. The first-order valence-corrected chi connectivity index (χ1v) is 12.9. The van der Waals surface area contributed by atoms with Crippen molar-refractivity contribution < 1.29 is 13.2 Å². The second kappa shape index (κ2) is 9.55. The molecule has 2 heterocycles. The summed E-state index contributed by atoms with van der Waals surface area (Å²) < 4.78 is 30.2. The molecule has 1 N–H and O–H groups in total. The van der Waals surface area contributed by atoms with E-state index in [0.717, 1.165) is 35.3 Å². The van der Waals surface area contributed by atoms with E-state index in [-0.39, 0.29) is 17.2 Å². The Labute approximate surface area is 199 Å². The highest BCUT2D eigenvalue weighted by Gasteiger charge is 2.20. The molecule has 2 aromatic heterocycles. The fourth-order valence-corrected chi connectivity index (χ4v) is 5.03. The van der Waals surface area contributed by atoms with Crippen LogP contribution in [0.4, 0.5) is 5.95 Å². The zero-order chi connectivity index (χ0) is 24.5. The normalized spacial score (nSPS) is 12.1. The number of anilines is 1. The molecule has 180 valence electrons. The smallest absolute Gasteiger partial charge is 0.242 e. The van der Waals surface area contributed by atoms with Crippen molar-refractivity contribution in [3.8, 4) is 0 Å². The molecule has 0 saturated heterocycles. The van der Waals surface area contributed by atoms with Crippen LogP contribution in [0.15, 0.2) is 47.4 Å². The molecule has 2 aromatic carbocycles. The number of fused-ring (bicyclic) bond motifs is 2. The first kappa shape index (κ1) is 23.9. The maximum Gasteiger partial charge on any atom is 0.242 e. The van der Waals surface area contributed by atoms with Crippen LogP contribution in [0.25, 0.3) is 22.1 Å². The van der Waals surface area contributed by atoms with Crippen molar-refractivity contribution >= 4 is 43.9 Å². The Bertz CT molecular complexity index is 1450. The lowest BCUT2D eigenvalue weighted by Gasteiger charge is -2.11. The van der Waals surface area contributed by atoms with E-state index in [0.29, 0.717) is 24.4 Å². The monoisotopic (exact) mass is 482 g/mol. The van der Waals surface area contributed by atoms with Crippen LogP contribution in [-0.2, 0) is 34.3 Å². The number of benzene rings is 2. The van der Waals surface area contributed by atoms with E-state index in [2.05, 4.69) is 22.2 Å². The number of nitrogens with one attached hydrogen (secondary N) is 1. The number of imidazole rings is 2. The van der Waals surface area contributed by atoms with Crippen LogP contribution in [0.3, 0.4) is 0 Å². The molecular formula is C24H30N6O3S. The number of nitrogens with zero attached hydrogens (tertiary/aromatic N) is 5. The van der Waals surface area contributed by atoms with Gasteiger partial charge in [0.15, 0.2) is 0 Å². The number of amides is 1. The number of hydrogen-bond acceptors (Lipinski definition) is 5. The number of sulfonamides is 1. The Kier molecular flexibility index (Phi) is 6.72. The third kappa shape index (κ3) is 4.43. The van der Waals surface area contributed by atoms with Gasteiger partial charge >= 0.3 is 0 Å². The Morgan fingerprint density at radius 2 is 1.74 bits per heavy atom. The SMILES string of the molecule is CCCn1c(NC(=O)CCc2nc3cc(S(=O)(=O)N(C)C)ccc3n2CC)nc2ccccc21. The minimum absolute atomic E-state index is 0.141. The van der Waals surface area contributed by atoms with Gasteiger partial charge in [-0.3, -0.25) is 10.1 Å². The Hall–Kier alpha value is -3.24. The summed E-state index contributed by atoms with van der Waals surface area (Å²) in [5.41, 5.74) is 3.30. The summed E-state index contributed by atoms with van der Waals surface area (Å²) in [5, 5.41) is 2.96. The van der Waals surface area contributed by atoms with E-state index in [1.54, 1.807) is 18.2 Å². The van der Waals surface area contributed by atoms with Crippen molar-refractivity contribution in [3.05, 3.63) is 48.3 Å². The zero-order valence-corrected chi connectivity index (χ0v) is 20.8. The van der Waals surface area contributed by atoms with Gasteiger partial charge in [0.1, 0.15) is 5.82 Å². The topological polar surface area (TPSA) is 102 Å². The molecule has 34 heavy (non-hydrogen) atoms. The van der Waals surface area contributed by atoms with Crippen molar-refractivity contribution in [2.75, 3.05) is 19.4 Å². The van der Waals surface area contributed by atoms with E-state index in [4.69, 9.17) is 0 Å². The predicted molar refractivity (Wildman–Crippen MR) is 133 cm³/mol. The summed E-state index contributed by atoms with van der Waals surface area (Å²) in [4.78, 5) is 22.3. The van der Waals surface area contributed by atoms with Crippen molar-refractivity contribution in [2.45, 2.75) is 51.1 Å². The van der Waals surface area contributed by atoms with Gasteiger partial charge in [-0.15, -0.1) is 0 Å². The molecular weight excluding hydrogens is 452 g/mol. The van der Waals surface area contributed by atoms with Gasteiger partial charge in [-0.25, -0.2) is 22.7 Å². The van der Waals surface area contributed by atoms with Crippen molar-refractivity contribution in [1.82, 2.24) is 23.4 Å². The number of aryl methyl sites for hydroxylation is 3. The largest absolute Gasteiger partial charge is 0.328 e. The van der Waals surface area contributed by atoms with Crippen LogP contribution < -0.4 is 5.32 Å². The lowest BCUT2D eigenvalue weighted by atomic mass is 10.3. The van der Waals surface area contributed by atoms with Gasteiger partial charge in [0.2, 0.25) is 21.9 Å². The van der Waals surface area contributed by atoms with E-state index in [9.17, 15) is 13.2 Å². The molecule has 4 aromatic rings. The second-order valence-electron chi connectivity index (χ2n) is 8.33. The third-order valence-corrected chi connectivity index (χ3v) is 7.63. The van der Waals surface area contributed by atoms with Crippen LogP contribution >= 0.6 is 0 Å². The van der Waals surface area contributed by atoms with Gasteiger partial charge in [-0.2, -0.15) is 0 Å². The van der Waals surface area contributed by atoms with Crippen LogP contribution in [0.5, 0.6) is 0 Å². The van der Waals surface area contributed by atoms with Gasteiger partial charge in [0.05, 0.1) is 27.0 Å². The maximum atomic E-state index is 12.8. The molecule has 10 heteroatoms. The molecule has 0 spiro atoms. The summed E-state index contributed by atoms with van der Waals surface area (Å²) in [7, 11) is -0.542. The molecule has 0 atom stereocenters. The van der Waals surface area contributed by atoms with Gasteiger partial charge in [-0.05, 0) is 43.7 Å². The Balaban J connectivity index is 1.55. The minimum Gasteiger partial charge on any atom is -0.328 e. The predicted octanol–water partition coefficient (Wildman–Crippen LogP) is 3.64. The standard InChI is InChI=1S/C24H30N6O3S/c1-5-15-30-20-10-8-7-9-18(20)26-24(30)27-23(31)14-13-22-25-19-16-17(34(32,33)28(3)4)11-12-21(19)29(22)6-2/h7-12,16H,5-6,13-15H2,1-4H3,(H,26,27,31). The van der Waals surface area contributed by atoms with Crippen LogP contribution in [0.1, 0.15) is 32.5 Å². The van der Waals surface area contributed by atoms with Gasteiger partial charge < -0.3 is 9.13 Å². The van der Waals surface area contributed by atoms with Gasteiger partial charge in [0, 0.05) is 40.0 Å². The Morgan fingerprint density at radius 3 is 2.44 bits per heavy atom. The van der Waals surface area contributed by atoms with E-state index < -0.39 is 10.0 Å². The number of carbonyl (C=O) groups is 1. The van der Waals surface area contributed by atoms with Gasteiger partial charge in [-0.1, -0.05) is 19.1 Å². The molecule has 0 radical (unpaired) electrons.